The van der Waals surface area contributed by atoms with Crippen LogP contribution < -0.4 is 5.32 Å². The van der Waals surface area contributed by atoms with Gasteiger partial charge in [0.15, 0.2) is 11.6 Å². The lowest BCUT2D eigenvalue weighted by Crippen LogP contribution is -2.14. The smallest absolute Gasteiger partial charge is 0.259 e. The van der Waals surface area contributed by atoms with E-state index in [1.807, 2.05) is 18.2 Å². The van der Waals surface area contributed by atoms with Crippen molar-refractivity contribution in [3.8, 4) is 0 Å². The van der Waals surface area contributed by atoms with Crippen LogP contribution in [0.2, 0.25) is 5.02 Å². The van der Waals surface area contributed by atoms with Gasteiger partial charge in [0.2, 0.25) is 0 Å². The van der Waals surface area contributed by atoms with Crippen LogP contribution in [-0.4, -0.2) is 15.7 Å². The number of rotatable bonds is 4. The molecule has 7 heteroatoms. The van der Waals surface area contributed by atoms with E-state index in [1.54, 1.807) is 24.6 Å². The van der Waals surface area contributed by atoms with E-state index >= 15 is 0 Å². The first-order valence-electron chi connectivity index (χ1n) is 7.90. The topological polar surface area (TPSA) is 46.9 Å². The second-order valence-corrected chi connectivity index (χ2v) is 6.29. The molecule has 1 heterocycles. The third-order valence-electron chi connectivity index (χ3n) is 4.06. The molecule has 3 aromatic rings. The molecule has 0 fully saturated rings. The average molecular weight is 376 g/mol. The summed E-state index contributed by atoms with van der Waals surface area (Å²) in [6.07, 6.45) is 0. The van der Waals surface area contributed by atoms with Gasteiger partial charge in [-0.3, -0.25) is 9.48 Å². The Hall–Kier alpha value is -2.73. The number of carbonyl (C=O) groups is 1. The number of halogens is 3. The number of hydrogen-bond donors (Lipinski definition) is 1. The Morgan fingerprint density at radius 2 is 1.88 bits per heavy atom. The molecule has 0 spiro atoms. The van der Waals surface area contributed by atoms with Crippen molar-refractivity contribution in [1.82, 2.24) is 9.78 Å². The van der Waals surface area contributed by atoms with Crippen molar-refractivity contribution < 1.29 is 13.6 Å². The van der Waals surface area contributed by atoms with Gasteiger partial charge < -0.3 is 5.32 Å². The summed E-state index contributed by atoms with van der Waals surface area (Å²) in [6.45, 7) is 3.91. The van der Waals surface area contributed by atoms with Gasteiger partial charge in [-0.25, -0.2) is 8.78 Å². The summed E-state index contributed by atoms with van der Waals surface area (Å²) in [4.78, 5) is 12.6. The van der Waals surface area contributed by atoms with Crippen LogP contribution >= 0.6 is 11.6 Å². The van der Waals surface area contributed by atoms with E-state index in [0.29, 0.717) is 28.5 Å². The third-order valence-corrected chi connectivity index (χ3v) is 4.43. The molecule has 0 atom stereocenters. The van der Waals surface area contributed by atoms with E-state index in [0.717, 1.165) is 17.7 Å². The lowest BCUT2D eigenvalue weighted by atomic mass is 10.1. The molecule has 4 nitrogen and oxygen atoms in total. The summed E-state index contributed by atoms with van der Waals surface area (Å²) in [6, 6.07) is 10.6. The molecule has 0 aliphatic rings. The molecule has 3 rings (SSSR count). The van der Waals surface area contributed by atoms with Crippen LogP contribution in [0.5, 0.6) is 0 Å². The normalized spacial score (nSPS) is 10.8. The van der Waals surface area contributed by atoms with E-state index in [1.165, 1.54) is 6.07 Å². The molecule has 2 aromatic carbocycles. The number of hydrogen-bond acceptors (Lipinski definition) is 2. The zero-order chi connectivity index (χ0) is 18.8. The van der Waals surface area contributed by atoms with Gasteiger partial charge in [0, 0.05) is 22.5 Å². The number of nitrogens with one attached hydrogen (secondary N) is 1. The molecule has 0 saturated heterocycles. The van der Waals surface area contributed by atoms with Gasteiger partial charge in [0.25, 0.3) is 5.91 Å². The number of nitrogens with zero attached hydrogens (tertiary/aromatic N) is 2. The number of aromatic nitrogens is 2. The number of carbonyl (C=O) groups excluding carboxylic acids is 1. The van der Waals surface area contributed by atoms with Gasteiger partial charge in [0.1, 0.15) is 0 Å². The van der Waals surface area contributed by atoms with Crippen molar-refractivity contribution >= 4 is 23.2 Å². The number of anilines is 1. The van der Waals surface area contributed by atoms with Crippen LogP contribution in [-0.2, 0) is 6.54 Å². The number of aryl methyl sites for hydroxylation is 1. The molecule has 134 valence electrons. The lowest BCUT2D eigenvalue weighted by molar-refractivity contribution is 0.102. The molecule has 1 N–H and O–H groups in total. The Labute approximate surface area is 154 Å². The minimum atomic E-state index is -1.02. The molecule has 0 aliphatic heterocycles. The summed E-state index contributed by atoms with van der Waals surface area (Å²) < 4.78 is 28.0. The Morgan fingerprint density at radius 3 is 2.58 bits per heavy atom. The SMILES string of the molecule is Cc1nn(Cc2ccccc2Cl)c(C)c1C(=O)Nc1ccc(F)c(F)c1. The summed E-state index contributed by atoms with van der Waals surface area (Å²) in [7, 11) is 0. The zero-order valence-corrected chi connectivity index (χ0v) is 14.9. The number of benzene rings is 2. The second kappa shape index (κ2) is 7.25. The molecule has 0 aliphatic carbocycles. The summed E-state index contributed by atoms with van der Waals surface area (Å²) in [5.41, 5.74) is 2.64. The van der Waals surface area contributed by atoms with Crippen molar-refractivity contribution in [2.75, 3.05) is 5.32 Å². The highest BCUT2D eigenvalue weighted by atomic mass is 35.5. The van der Waals surface area contributed by atoms with Crippen LogP contribution in [0.1, 0.15) is 27.3 Å². The maximum absolute atomic E-state index is 13.3. The Kier molecular flexibility index (Phi) is 5.04. The molecule has 0 radical (unpaired) electrons. The van der Waals surface area contributed by atoms with E-state index < -0.39 is 17.5 Å². The fourth-order valence-corrected chi connectivity index (χ4v) is 2.93. The van der Waals surface area contributed by atoms with Crippen LogP contribution in [0.4, 0.5) is 14.5 Å². The monoisotopic (exact) mass is 375 g/mol. The van der Waals surface area contributed by atoms with Gasteiger partial charge in [-0.1, -0.05) is 29.8 Å². The van der Waals surface area contributed by atoms with Crippen molar-refractivity contribution in [1.29, 1.82) is 0 Å². The molecular formula is C19H16ClF2N3O. The van der Waals surface area contributed by atoms with Gasteiger partial charge in [-0.2, -0.15) is 5.10 Å². The van der Waals surface area contributed by atoms with Crippen LogP contribution in [0.25, 0.3) is 0 Å². The molecule has 0 bridgehead atoms. The van der Waals surface area contributed by atoms with E-state index in [9.17, 15) is 13.6 Å². The van der Waals surface area contributed by atoms with E-state index in [4.69, 9.17) is 11.6 Å². The maximum atomic E-state index is 13.3. The van der Waals surface area contributed by atoms with Gasteiger partial charge >= 0.3 is 0 Å². The highest BCUT2D eigenvalue weighted by Gasteiger charge is 2.19. The standard InChI is InChI=1S/C19H16ClF2N3O/c1-11-18(19(26)23-14-7-8-16(21)17(22)9-14)12(2)25(24-11)10-13-5-3-4-6-15(13)20/h3-9H,10H2,1-2H3,(H,23,26). The Balaban J connectivity index is 1.86. The fraction of sp³-hybridized carbons (Fsp3) is 0.158. The zero-order valence-electron chi connectivity index (χ0n) is 14.2. The third kappa shape index (κ3) is 3.60. The van der Waals surface area contributed by atoms with Crippen molar-refractivity contribution in [2.45, 2.75) is 20.4 Å². The highest BCUT2D eigenvalue weighted by molar-refractivity contribution is 6.31. The van der Waals surface area contributed by atoms with Crippen molar-refractivity contribution in [2.24, 2.45) is 0 Å². The largest absolute Gasteiger partial charge is 0.322 e. The van der Waals surface area contributed by atoms with Gasteiger partial charge in [0.05, 0.1) is 17.8 Å². The highest BCUT2D eigenvalue weighted by Crippen LogP contribution is 2.21. The molecule has 1 amide bonds. The Morgan fingerprint density at radius 1 is 1.15 bits per heavy atom. The molecule has 1 aromatic heterocycles. The summed E-state index contributed by atoms with van der Waals surface area (Å²) in [5.74, 6) is -2.43. The molecular weight excluding hydrogens is 360 g/mol. The molecule has 0 unspecified atom stereocenters. The minimum Gasteiger partial charge on any atom is -0.322 e. The molecule has 26 heavy (non-hydrogen) atoms. The van der Waals surface area contributed by atoms with E-state index in [2.05, 4.69) is 10.4 Å². The predicted octanol–water partition coefficient (Wildman–Crippen LogP) is 4.73. The van der Waals surface area contributed by atoms with Crippen LogP contribution in [0.15, 0.2) is 42.5 Å². The first kappa shape index (κ1) is 18.1. The fourth-order valence-electron chi connectivity index (χ4n) is 2.73. The van der Waals surface area contributed by atoms with Gasteiger partial charge in [-0.05, 0) is 37.6 Å². The number of amides is 1. The van der Waals surface area contributed by atoms with Crippen molar-refractivity contribution in [3.05, 3.63) is 81.6 Å². The first-order chi connectivity index (χ1) is 12.4. The average Bonchev–Trinajstić information content (AvgIpc) is 2.87. The lowest BCUT2D eigenvalue weighted by Gasteiger charge is -2.08. The minimum absolute atomic E-state index is 0.173. The van der Waals surface area contributed by atoms with Crippen LogP contribution in [0.3, 0.4) is 0 Å². The van der Waals surface area contributed by atoms with Crippen LogP contribution in [0, 0.1) is 25.5 Å². The Bertz CT molecular complexity index is 985. The second-order valence-electron chi connectivity index (χ2n) is 5.88. The maximum Gasteiger partial charge on any atom is 0.259 e. The quantitative estimate of drug-likeness (QED) is 0.716. The van der Waals surface area contributed by atoms with Crippen molar-refractivity contribution in [3.63, 3.8) is 0 Å². The summed E-state index contributed by atoms with van der Waals surface area (Å²) >= 11 is 6.18. The van der Waals surface area contributed by atoms with Gasteiger partial charge in [-0.15, -0.1) is 0 Å². The molecule has 0 saturated carbocycles. The van der Waals surface area contributed by atoms with E-state index in [-0.39, 0.29) is 5.69 Å². The predicted molar refractivity (Wildman–Crippen MR) is 96.6 cm³/mol. The summed E-state index contributed by atoms with van der Waals surface area (Å²) in [5, 5.41) is 7.59. The first-order valence-corrected chi connectivity index (χ1v) is 8.28.